The molecule has 1 rings (SSSR count). The van der Waals surface area contributed by atoms with Gasteiger partial charge in [-0.2, -0.15) is 13.2 Å². The van der Waals surface area contributed by atoms with Crippen molar-refractivity contribution in [1.82, 2.24) is 5.32 Å². The third-order valence-corrected chi connectivity index (χ3v) is 4.57. The second-order valence-electron chi connectivity index (χ2n) is 6.08. The van der Waals surface area contributed by atoms with Gasteiger partial charge in [0, 0.05) is 6.04 Å². The minimum absolute atomic E-state index is 0.189. The Balaban J connectivity index is 2.62. The molecule has 1 fully saturated rings. The van der Waals surface area contributed by atoms with Gasteiger partial charge in [0.1, 0.15) is 0 Å². The van der Waals surface area contributed by atoms with E-state index in [1.807, 2.05) is 6.92 Å². The molecule has 0 radical (unpaired) electrons. The number of halogens is 3. The second-order valence-corrected chi connectivity index (χ2v) is 6.08. The SMILES string of the molecule is CCNC(CC(C)CC)C1CCCC(C(F)(F)F)C1. The Hall–Kier alpha value is -0.250. The average molecular weight is 279 g/mol. The number of rotatable bonds is 6. The Morgan fingerprint density at radius 1 is 1.21 bits per heavy atom. The van der Waals surface area contributed by atoms with Gasteiger partial charge in [-0.1, -0.05) is 33.6 Å². The van der Waals surface area contributed by atoms with Crippen LogP contribution in [0.2, 0.25) is 0 Å². The predicted molar refractivity (Wildman–Crippen MR) is 73.0 cm³/mol. The van der Waals surface area contributed by atoms with Gasteiger partial charge < -0.3 is 5.32 Å². The van der Waals surface area contributed by atoms with Crippen LogP contribution in [-0.4, -0.2) is 18.8 Å². The maximum atomic E-state index is 12.9. The molecule has 1 aliphatic rings. The topological polar surface area (TPSA) is 12.0 Å². The van der Waals surface area contributed by atoms with E-state index in [9.17, 15) is 13.2 Å². The molecule has 1 saturated carbocycles. The summed E-state index contributed by atoms with van der Waals surface area (Å²) in [5, 5.41) is 3.42. The molecule has 0 aliphatic heterocycles. The lowest BCUT2D eigenvalue weighted by atomic mass is 9.75. The second kappa shape index (κ2) is 7.51. The molecule has 4 atom stereocenters. The van der Waals surface area contributed by atoms with Crippen LogP contribution < -0.4 is 5.32 Å². The maximum Gasteiger partial charge on any atom is 0.391 e. The monoisotopic (exact) mass is 279 g/mol. The minimum atomic E-state index is -4.01. The van der Waals surface area contributed by atoms with Gasteiger partial charge in [-0.25, -0.2) is 0 Å². The molecule has 0 spiro atoms. The zero-order valence-electron chi connectivity index (χ0n) is 12.4. The molecule has 0 heterocycles. The zero-order chi connectivity index (χ0) is 14.5. The summed E-state index contributed by atoms with van der Waals surface area (Å²) in [5.41, 5.74) is 0. The maximum absolute atomic E-state index is 12.9. The van der Waals surface area contributed by atoms with Crippen LogP contribution in [0.25, 0.3) is 0 Å². The first kappa shape index (κ1) is 16.8. The van der Waals surface area contributed by atoms with Crippen LogP contribution in [0.15, 0.2) is 0 Å². The van der Waals surface area contributed by atoms with E-state index in [1.54, 1.807) is 0 Å². The summed E-state index contributed by atoms with van der Waals surface area (Å²) >= 11 is 0. The molecule has 1 nitrogen and oxygen atoms in total. The first-order valence-electron chi connectivity index (χ1n) is 7.68. The third kappa shape index (κ3) is 5.33. The van der Waals surface area contributed by atoms with Crippen molar-refractivity contribution in [2.45, 2.75) is 71.5 Å². The van der Waals surface area contributed by atoms with Gasteiger partial charge in [-0.15, -0.1) is 0 Å². The first-order chi connectivity index (χ1) is 8.88. The van der Waals surface area contributed by atoms with Gasteiger partial charge >= 0.3 is 6.18 Å². The molecule has 1 N–H and O–H groups in total. The average Bonchev–Trinajstić information content (AvgIpc) is 2.37. The minimum Gasteiger partial charge on any atom is -0.314 e. The van der Waals surface area contributed by atoms with Crippen molar-refractivity contribution in [2.75, 3.05) is 6.54 Å². The fraction of sp³-hybridized carbons (Fsp3) is 1.00. The van der Waals surface area contributed by atoms with Crippen molar-refractivity contribution in [2.24, 2.45) is 17.8 Å². The van der Waals surface area contributed by atoms with E-state index in [0.717, 1.165) is 32.2 Å². The fourth-order valence-corrected chi connectivity index (χ4v) is 3.20. The van der Waals surface area contributed by atoms with Crippen molar-refractivity contribution in [1.29, 1.82) is 0 Å². The van der Waals surface area contributed by atoms with E-state index < -0.39 is 12.1 Å². The smallest absolute Gasteiger partial charge is 0.314 e. The molecular weight excluding hydrogens is 251 g/mol. The van der Waals surface area contributed by atoms with Crippen LogP contribution in [-0.2, 0) is 0 Å². The molecule has 0 aromatic rings. The molecule has 0 aromatic heterocycles. The number of nitrogens with one attached hydrogen (secondary N) is 1. The standard InChI is InChI=1S/C15H28F3N/c1-4-11(3)9-14(19-5-2)12-7-6-8-13(10-12)15(16,17)18/h11-14,19H,4-10H2,1-3H3. The van der Waals surface area contributed by atoms with E-state index in [-0.39, 0.29) is 12.0 Å². The van der Waals surface area contributed by atoms with Crippen molar-refractivity contribution in [3.63, 3.8) is 0 Å². The quantitative estimate of drug-likeness (QED) is 0.738. The van der Waals surface area contributed by atoms with Crippen molar-refractivity contribution in [3.05, 3.63) is 0 Å². The van der Waals surface area contributed by atoms with E-state index in [1.165, 1.54) is 0 Å². The van der Waals surface area contributed by atoms with Crippen LogP contribution >= 0.6 is 0 Å². The molecule has 0 saturated heterocycles. The summed E-state index contributed by atoms with van der Waals surface area (Å²) in [7, 11) is 0. The molecule has 1 aliphatic carbocycles. The molecule has 0 aromatic carbocycles. The van der Waals surface area contributed by atoms with Gasteiger partial charge in [0.05, 0.1) is 5.92 Å². The zero-order valence-corrected chi connectivity index (χ0v) is 12.4. The highest BCUT2D eigenvalue weighted by Crippen LogP contribution is 2.41. The van der Waals surface area contributed by atoms with Crippen molar-refractivity contribution in [3.8, 4) is 0 Å². The molecule has 19 heavy (non-hydrogen) atoms. The molecule has 4 heteroatoms. The third-order valence-electron chi connectivity index (χ3n) is 4.57. The number of hydrogen-bond acceptors (Lipinski definition) is 1. The Morgan fingerprint density at radius 2 is 1.89 bits per heavy atom. The van der Waals surface area contributed by atoms with Crippen LogP contribution in [0.4, 0.5) is 13.2 Å². The highest BCUT2D eigenvalue weighted by molar-refractivity contribution is 4.85. The Bertz CT molecular complexity index is 252. The summed E-state index contributed by atoms with van der Waals surface area (Å²) < 4.78 is 38.6. The first-order valence-corrected chi connectivity index (χ1v) is 7.68. The van der Waals surface area contributed by atoms with Crippen LogP contribution in [0, 0.1) is 17.8 Å². The van der Waals surface area contributed by atoms with Crippen molar-refractivity contribution < 1.29 is 13.2 Å². The predicted octanol–water partition coefficient (Wildman–Crippen LogP) is 4.77. The summed E-state index contributed by atoms with van der Waals surface area (Å²) in [6.07, 6.45) is 0.389. The lowest BCUT2D eigenvalue weighted by Gasteiger charge is -2.36. The van der Waals surface area contributed by atoms with Crippen LogP contribution in [0.3, 0.4) is 0 Å². The largest absolute Gasteiger partial charge is 0.391 e. The summed E-state index contributed by atoms with van der Waals surface area (Å²) in [6, 6.07) is 0.255. The molecular formula is C15H28F3N. The Morgan fingerprint density at radius 3 is 2.42 bits per heavy atom. The molecule has 0 bridgehead atoms. The highest BCUT2D eigenvalue weighted by Gasteiger charge is 2.43. The van der Waals surface area contributed by atoms with E-state index in [4.69, 9.17) is 0 Å². The normalized spacial score (nSPS) is 28.1. The summed E-state index contributed by atoms with van der Waals surface area (Å²) in [6.45, 7) is 7.21. The van der Waals surface area contributed by atoms with Gasteiger partial charge in [-0.05, 0) is 44.1 Å². The highest BCUT2D eigenvalue weighted by atomic mass is 19.4. The van der Waals surface area contributed by atoms with Crippen LogP contribution in [0.5, 0.6) is 0 Å². The van der Waals surface area contributed by atoms with Gasteiger partial charge in [-0.3, -0.25) is 0 Å². The summed E-state index contributed by atoms with van der Waals surface area (Å²) in [5.74, 6) is -0.311. The lowest BCUT2D eigenvalue weighted by Crippen LogP contribution is -2.41. The molecule has 0 amide bonds. The number of hydrogen-bond donors (Lipinski definition) is 1. The Kier molecular flexibility index (Phi) is 6.64. The number of alkyl halides is 3. The van der Waals surface area contributed by atoms with E-state index >= 15 is 0 Å². The molecule has 114 valence electrons. The van der Waals surface area contributed by atoms with E-state index in [2.05, 4.69) is 19.2 Å². The van der Waals surface area contributed by atoms with Gasteiger partial charge in [0.15, 0.2) is 0 Å². The Labute approximate surface area is 115 Å². The molecule has 4 unspecified atom stereocenters. The lowest BCUT2D eigenvalue weighted by molar-refractivity contribution is -0.186. The van der Waals surface area contributed by atoms with Gasteiger partial charge in [0.25, 0.3) is 0 Å². The van der Waals surface area contributed by atoms with E-state index in [0.29, 0.717) is 18.8 Å². The summed E-state index contributed by atoms with van der Waals surface area (Å²) in [4.78, 5) is 0. The fourth-order valence-electron chi connectivity index (χ4n) is 3.20. The van der Waals surface area contributed by atoms with Crippen molar-refractivity contribution >= 4 is 0 Å². The van der Waals surface area contributed by atoms with Gasteiger partial charge in [0.2, 0.25) is 0 Å². The van der Waals surface area contributed by atoms with Crippen LogP contribution in [0.1, 0.15) is 59.3 Å².